The molecule has 2 N–H and O–H groups in total. The number of guanidine groups is 1. The Morgan fingerprint density at radius 1 is 1.26 bits per heavy atom. The molecule has 0 atom stereocenters. The van der Waals surface area contributed by atoms with Crippen LogP contribution in [0.2, 0.25) is 0 Å². The van der Waals surface area contributed by atoms with Gasteiger partial charge in [0.05, 0.1) is 6.54 Å². The summed E-state index contributed by atoms with van der Waals surface area (Å²) in [6.07, 6.45) is 3.28. The molecule has 0 bridgehead atoms. The van der Waals surface area contributed by atoms with Gasteiger partial charge in [0.15, 0.2) is 5.96 Å². The van der Waals surface area contributed by atoms with Gasteiger partial charge in [0.2, 0.25) is 0 Å². The van der Waals surface area contributed by atoms with E-state index in [4.69, 9.17) is 0 Å². The predicted octanol–water partition coefficient (Wildman–Crippen LogP) is 2.27. The van der Waals surface area contributed by atoms with Crippen LogP contribution in [0.5, 0.6) is 0 Å². The molecule has 1 aromatic carbocycles. The highest BCUT2D eigenvalue weighted by Crippen LogP contribution is 2.06. The van der Waals surface area contributed by atoms with Crippen molar-refractivity contribution < 1.29 is 0 Å². The van der Waals surface area contributed by atoms with Gasteiger partial charge in [-0.25, -0.2) is 9.67 Å². The zero-order chi connectivity index (χ0) is 15.8. The van der Waals surface area contributed by atoms with Crippen molar-refractivity contribution >= 4 is 29.9 Å². The summed E-state index contributed by atoms with van der Waals surface area (Å²) in [5.41, 5.74) is 2.42. The molecule has 7 heteroatoms. The van der Waals surface area contributed by atoms with Gasteiger partial charge < -0.3 is 10.6 Å². The standard InChI is InChI=1S/C16H24N6.HI/c1-13(2)8-19-16(17-3)20-9-14-5-4-6-15(7-14)10-22-12-18-11-21-22;/h4-7,11-13H,8-10H2,1-3H3,(H2,17,19,20);1H. The second-order valence-corrected chi connectivity index (χ2v) is 5.61. The lowest BCUT2D eigenvalue weighted by Crippen LogP contribution is -2.38. The van der Waals surface area contributed by atoms with Crippen LogP contribution in [0, 0.1) is 5.92 Å². The Morgan fingerprint density at radius 3 is 2.70 bits per heavy atom. The summed E-state index contributed by atoms with van der Waals surface area (Å²) in [6.45, 7) is 6.73. The molecular formula is C16H25IN6. The molecule has 0 radical (unpaired) electrons. The molecule has 0 fully saturated rings. The third kappa shape index (κ3) is 6.98. The van der Waals surface area contributed by atoms with Gasteiger partial charge in [0.1, 0.15) is 12.7 Å². The number of hydrogen-bond acceptors (Lipinski definition) is 3. The molecule has 2 aromatic rings. The summed E-state index contributed by atoms with van der Waals surface area (Å²) in [5, 5.41) is 10.8. The van der Waals surface area contributed by atoms with Crippen LogP contribution >= 0.6 is 24.0 Å². The van der Waals surface area contributed by atoms with Gasteiger partial charge in [-0.3, -0.25) is 4.99 Å². The van der Waals surface area contributed by atoms with Crippen LogP contribution in [0.15, 0.2) is 41.9 Å². The SMILES string of the molecule is CN=C(NCc1cccc(Cn2cncn2)c1)NCC(C)C.I. The summed E-state index contributed by atoms with van der Waals surface area (Å²) in [4.78, 5) is 8.19. The Hall–Kier alpha value is -1.64. The number of hydrogen-bond donors (Lipinski definition) is 2. The van der Waals surface area contributed by atoms with Gasteiger partial charge in [-0.1, -0.05) is 38.1 Å². The summed E-state index contributed by atoms with van der Waals surface area (Å²) in [5.74, 6) is 1.42. The molecule has 23 heavy (non-hydrogen) atoms. The molecule has 0 aliphatic rings. The van der Waals surface area contributed by atoms with Crippen molar-refractivity contribution in [3.8, 4) is 0 Å². The summed E-state index contributed by atoms with van der Waals surface area (Å²) in [6, 6.07) is 8.43. The van der Waals surface area contributed by atoms with E-state index in [0.29, 0.717) is 5.92 Å². The highest BCUT2D eigenvalue weighted by Gasteiger charge is 2.01. The fourth-order valence-corrected chi connectivity index (χ4v) is 2.05. The minimum absolute atomic E-state index is 0. The third-order valence-electron chi connectivity index (χ3n) is 3.16. The van der Waals surface area contributed by atoms with Gasteiger partial charge in [0, 0.05) is 20.1 Å². The Kier molecular flexibility index (Phi) is 8.60. The van der Waals surface area contributed by atoms with Crippen LogP contribution in [0.1, 0.15) is 25.0 Å². The maximum absolute atomic E-state index is 4.23. The fraction of sp³-hybridized carbons (Fsp3) is 0.438. The van der Waals surface area contributed by atoms with E-state index in [9.17, 15) is 0 Å². The van der Waals surface area contributed by atoms with Crippen LogP contribution < -0.4 is 10.6 Å². The number of benzene rings is 1. The smallest absolute Gasteiger partial charge is 0.191 e. The van der Waals surface area contributed by atoms with E-state index in [-0.39, 0.29) is 24.0 Å². The molecule has 0 spiro atoms. The summed E-state index contributed by atoms with van der Waals surface area (Å²) < 4.78 is 1.82. The van der Waals surface area contributed by atoms with Gasteiger partial charge in [-0.15, -0.1) is 24.0 Å². The van der Waals surface area contributed by atoms with Crippen molar-refractivity contribution in [2.75, 3.05) is 13.6 Å². The molecule has 1 aromatic heterocycles. The molecule has 0 amide bonds. The molecule has 0 unspecified atom stereocenters. The summed E-state index contributed by atoms with van der Waals surface area (Å²) in [7, 11) is 1.79. The van der Waals surface area contributed by atoms with Crippen molar-refractivity contribution in [3.05, 3.63) is 48.0 Å². The fourth-order valence-electron chi connectivity index (χ4n) is 2.05. The Balaban J connectivity index is 0.00000264. The van der Waals surface area contributed by atoms with E-state index < -0.39 is 0 Å². The van der Waals surface area contributed by atoms with Gasteiger partial charge in [-0.2, -0.15) is 5.10 Å². The first-order chi connectivity index (χ1) is 10.7. The van der Waals surface area contributed by atoms with Gasteiger partial charge >= 0.3 is 0 Å². The van der Waals surface area contributed by atoms with Crippen LogP contribution in [-0.4, -0.2) is 34.3 Å². The lowest BCUT2D eigenvalue weighted by Gasteiger charge is -2.14. The largest absolute Gasteiger partial charge is 0.356 e. The Labute approximate surface area is 154 Å². The van der Waals surface area contributed by atoms with Crippen molar-refractivity contribution in [1.82, 2.24) is 25.4 Å². The predicted molar refractivity (Wildman–Crippen MR) is 104 cm³/mol. The minimum Gasteiger partial charge on any atom is -0.356 e. The van der Waals surface area contributed by atoms with Gasteiger partial charge in [0.25, 0.3) is 0 Å². The molecular weight excluding hydrogens is 403 g/mol. The van der Waals surface area contributed by atoms with E-state index >= 15 is 0 Å². The highest BCUT2D eigenvalue weighted by molar-refractivity contribution is 14.0. The molecule has 126 valence electrons. The first-order valence-electron chi connectivity index (χ1n) is 7.52. The lowest BCUT2D eigenvalue weighted by atomic mass is 10.1. The number of aliphatic imine (C=N–C) groups is 1. The second kappa shape index (κ2) is 10.2. The molecule has 6 nitrogen and oxygen atoms in total. The number of nitrogens with zero attached hydrogens (tertiary/aromatic N) is 4. The van der Waals surface area contributed by atoms with Crippen LogP contribution in [0.3, 0.4) is 0 Å². The van der Waals surface area contributed by atoms with Crippen molar-refractivity contribution in [2.24, 2.45) is 10.9 Å². The Morgan fingerprint density at radius 2 is 2.04 bits per heavy atom. The van der Waals surface area contributed by atoms with Crippen LogP contribution in [0.4, 0.5) is 0 Å². The van der Waals surface area contributed by atoms with Crippen LogP contribution in [0.25, 0.3) is 0 Å². The molecule has 0 aliphatic carbocycles. The molecule has 2 rings (SSSR count). The average Bonchev–Trinajstić information content (AvgIpc) is 3.00. The number of nitrogens with one attached hydrogen (secondary N) is 2. The molecule has 0 saturated heterocycles. The quantitative estimate of drug-likeness (QED) is 0.421. The van der Waals surface area contributed by atoms with Crippen molar-refractivity contribution in [3.63, 3.8) is 0 Å². The van der Waals surface area contributed by atoms with E-state index in [1.807, 2.05) is 4.68 Å². The Bertz CT molecular complexity index is 594. The lowest BCUT2D eigenvalue weighted by molar-refractivity contribution is 0.614. The third-order valence-corrected chi connectivity index (χ3v) is 3.16. The van der Waals surface area contributed by atoms with E-state index in [1.165, 1.54) is 11.1 Å². The van der Waals surface area contributed by atoms with E-state index in [1.54, 1.807) is 19.7 Å². The number of halogens is 1. The molecule has 0 saturated carbocycles. The van der Waals surface area contributed by atoms with Crippen molar-refractivity contribution in [2.45, 2.75) is 26.9 Å². The van der Waals surface area contributed by atoms with Gasteiger partial charge in [-0.05, 0) is 17.0 Å². The first kappa shape index (κ1) is 19.4. The highest BCUT2D eigenvalue weighted by atomic mass is 127. The minimum atomic E-state index is 0. The summed E-state index contributed by atoms with van der Waals surface area (Å²) >= 11 is 0. The monoisotopic (exact) mass is 428 g/mol. The van der Waals surface area contributed by atoms with Crippen LogP contribution in [-0.2, 0) is 13.1 Å². The topological polar surface area (TPSA) is 67.1 Å². The van der Waals surface area contributed by atoms with Crippen molar-refractivity contribution in [1.29, 1.82) is 0 Å². The zero-order valence-electron chi connectivity index (χ0n) is 13.9. The average molecular weight is 428 g/mol. The second-order valence-electron chi connectivity index (χ2n) is 5.61. The molecule has 1 heterocycles. The van der Waals surface area contributed by atoms with E-state index in [2.05, 4.69) is 63.8 Å². The first-order valence-corrected chi connectivity index (χ1v) is 7.52. The number of aromatic nitrogens is 3. The maximum atomic E-state index is 4.23. The number of rotatable bonds is 6. The normalized spacial score (nSPS) is 11.2. The molecule has 0 aliphatic heterocycles. The zero-order valence-corrected chi connectivity index (χ0v) is 16.2. The van der Waals surface area contributed by atoms with E-state index in [0.717, 1.165) is 25.6 Å². The maximum Gasteiger partial charge on any atom is 0.191 e.